The van der Waals surface area contributed by atoms with E-state index >= 15 is 0 Å². The molecular weight excluding hydrogens is 941 g/mol. The van der Waals surface area contributed by atoms with Crippen molar-refractivity contribution in [3.8, 4) is 11.5 Å². The third-order valence-corrected chi connectivity index (χ3v) is 11.0. The van der Waals surface area contributed by atoms with Crippen molar-refractivity contribution in [1.29, 1.82) is 0 Å². The third-order valence-electron chi connectivity index (χ3n) is 11.0. The summed E-state index contributed by atoms with van der Waals surface area (Å²) in [5.41, 5.74) is -1.48. The highest BCUT2D eigenvalue weighted by Crippen LogP contribution is 2.44. The van der Waals surface area contributed by atoms with E-state index in [4.69, 9.17) is 37.9 Å². The predicted octanol–water partition coefficient (Wildman–Crippen LogP) is 9.18. The number of nitrogens with one attached hydrogen (secondary N) is 2. The molecule has 2 aliphatic rings. The highest BCUT2D eigenvalue weighted by Gasteiger charge is 2.56. The fourth-order valence-electron chi connectivity index (χ4n) is 8.25. The fourth-order valence-corrected chi connectivity index (χ4v) is 8.25. The van der Waals surface area contributed by atoms with E-state index in [2.05, 4.69) is 30.5 Å². The highest BCUT2D eigenvalue weighted by atomic mass is 16.8. The van der Waals surface area contributed by atoms with Crippen LogP contribution in [0.3, 0.4) is 0 Å². The summed E-state index contributed by atoms with van der Waals surface area (Å²) in [7, 11) is 0. The number of ether oxygens (including phenoxy) is 8. The summed E-state index contributed by atoms with van der Waals surface area (Å²) in [4.78, 5) is 70.8. The Morgan fingerprint density at radius 3 is 2.04 bits per heavy atom. The molecule has 3 amide bonds. The molecule has 0 bridgehead atoms. The molecule has 0 saturated carbocycles. The van der Waals surface area contributed by atoms with Crippen molar-refractivity contribution in [3.63, 3.8) is 0 Å². The van der Waals surface area contributed by atoms with Crippen LogP contribution in [0.1, 0.15) is 122 Å². The van der Waals surface area contributed by atoms with E-state index in [0.717, 1.165) is 11.3 Å². The van der Waals surface area contributed by atoms with Gasteiger partial charge in [0.25, 0.3) is 0 Å². The van der Waals surface area contributed by atoms with E-state index in [1.54, 1.807) is 78.1 Å². The number of para-hydroxylation sites is 1. The summed E-state index contributed by atoms with van der Waals surface area (Å²) in [6, 6.07) is 16.2. The molecule has 73 heavy (non-hydrogen) atoms. The number of anilines is 1. The Labute approximate surface area is 429 Å². The van der Waals surface area contributed by atoms with E-state index in [9.17, 15) is 19.2 Å². The Morgan fingerprint density at radius 1 is 0.726 bits per heavy atom. The van der Waals surface area contributed by atoms with Crippen molar-refractivity contribution in [2.75, 3.05) is 38.0 Å². The molecule has 0 unspecified atom stereocenters. The van der Waals surface area contributed by atoms with Crippen molar-refractivity contribution >= 4 is 41.2 Å². The van der Waals surface area contributed by atoms with Crippen molar-refractivity contribution < 1.29 is 57.1 Å². The van der Waals surface area contributed by atoms with Crippen LogP contribution in [0.25, 0.3) is 11.2 Å². The zero-order chi connectivity index (χ0) is 53.5. The predicted molar refractivity (Wildman–Crippen MR) is 272 cm³/mol. The normalized spacial score (nSPS) is 19.2. The molecule has 2 N–H and O–H groups in total. The average molecular weight is 1020 g/mol. The minimum atomic E-state index is -1.08. The van der Waals surface area contributed by atoms with Gasteiger partial charge in [0, 0.05) is 26.2 Å². The molecule has 400 valence electrons. The first-order valence-corrected chi connectivity index (χ1v) is 24.9. The van der Waals surface area contributed by atoms with Crippen LogP contribution in [0.5, 0.6) is 11.5 Å². The van der Waals surface area contributed by atoms with Crippen LogP contribution in [0, 0.1) is 0 Å². The molecule has 0 radical (unpaired) electrons. The van der Waals surface area contributed by atoms with Gasteiger partial charge in [0.15, 0.2) is 29.0 Å². The number of aromatic nitrogens is 4. The van der Waals surface area contributed by atoms with Crippen LogP contribution < -0.4 is 15.4 Å². The summed E-state index contributed by atoms with van der Waals surface area (Å²) in [6.45, 7) is 26.6. The van der Waals surface area contributed by atoms with Crippen molar-refractivity contribution in [2.24, 2.45) is 0 Å². The first-order chi connectivity index (χ1) is 34.0. The van der Waals surface area contributed by atoms with Crippen LogP contribution in [0.15, 0.2) is 67.3 Å². The largest absolute Gasteiger partial charge is 0.458 e. The van der Waals surface area contributed by atoms with Crippen LogP contribution >= 0.6 is 0 Å². The number of carbonyl (C=O) groups is 4. The molecular formula is C53H76N8O12. The Balaban J connectivity index is 1.26. The maximum Gasteiger partial charge on any atom is 0.413 e. The minimum Gasteiger partial charge on any atom is -0.458 e. The number of carbonyl (C=O) groups excluding carboxylic acids is 4. The van der Waals surface area contributed by atoms with Gasteiger partial charge in [-0.05, 0) is 153 Å². The molecule has 0 aliphatic carbocycles. The van der Waals surface area contributed by atoms with Crippen molar-refractivity contribution in [3.05, 3.63) is 72.8 Å². The molecule has 2 saturated heterocycles. The molecule has 2 fully saturated rings. The van der Waals surface area contributed by atoms with Crippen LogP contribution in [0.4, 0.5) is 20.2 Å². The molecule has 2 aliphatic heterocycles. The average Bonchev–Trinajstić information content (AvgIpc) is 3.92. The molecule has 2 aromatic heterocycles. The van der Waals surface area contributed by atoms with Crippen molar-refractivity contribution in [2.45, 2.75) is 175 Å². The topological polar surface area (TPSA) is 216 Å². The smallest absolute Gasteiger partial charge is 0.413 e. The Kier molecular flexibility index (Phi) is 17.7. The van der Waals surface area contributed by atoms with Gasteiger partial charge in [-0.1, -0.05) is 30.3 Å². The number of esters is 1. The Hall–Kier alpha value is -6.09. The number of amides is 3. The number of alkyl carbamates (subject to hydrolysis) is 1. The van der Waals surface area contributed by atoms with Gasteiger partial charge in [0.2, 0.25) is 0 Å². The Morgan fingerprint density at radius 2 is 1.37 bits per heavy atom. The van der Waals surface area contributed by atoms with Gasteiger partial charge in [-0.3, -0.25) is 9.88 Å². The number of benzene rings is 2. The maximum absolute atomic E-state index is 13.9. The first-order valence-electron chi connectivity index (χ1n) is 24.9. The molecule has 20 nitrogen and oxygen atoms in total. The van der Waals surface area contributed by atoms with Crippen LogP contribution in [-0.2, 0) is 44.4 Å². The second-order valence-corrected chi connectivity index (χ2v) is 22.8. The van der Waals surface area contributed by atoms with Gasteiger partial charge in [-0.2, -0.15) is 0 Å². The number of imidazole rings is 1. The highest BCUT2D eigenvalue weighted by molar-refractivity contribution is 5.93. The van der Waals surface area contributed by atoms with E-state index < -0.39 is 83.0 Å². The minimum absolute atomic E-state index is 0.134. The standard InChI is InChI=1S/C53H76N8O12/c1-49(2,3)70-45(62)37(57-46(63)71-50(4,5)6)25-28-59(26-19-27-60(48(65)73-52(10,11)12)29-24-34-20-18-23-36(30-34)66-35-21-16-15-17-22-35)31-38-40-41(69-53(13,14)68-40)44(67-38)61-33-56-39-42(54-32-55-43(39)61)58-47(64)72-51(7,8)9/h15-18,20-23,30,32-33,37-38,40-41,44H,19,24-29,31H2,1-14H3,(H,57,63)(H,54,55,58,64)/t37-,38+,40+,41+,44+/m0/s1. The molecule has 4 aromatic rings. The monoisotopic (exact) mass is 1020 g/mol. The van der Waals surface area contributed by atoms with Gasteiger partial charge < -0.3 is 53.0 Å². The summed E-state index contributed by atoms with van der Waals surface area (Å²) in [6.07, 6.45) is -0.484. The zero-order valence-electron chi connectivity index (χ0n) is 45.0. The second kappa shape index (κ2) is 23.0. The molecule has 6 rings (SSSR count). The van der Waals surface area contributed by atoms with Crippen LogP contribution in [0.2, 0.25) is 0 Å². The van der Waals surface area contributed by atoms with E-state index in [1.165, 1.54) is 6.33 Å². The summed E-state index contributed by atoms with van der Waals surface area (Å²) in [5, 5.41) is 5.43. The lowest BCUT2D eigenvalue weighted by Gasteiger charge is -2.32. The second-order valence-electron chi connectivity index (χ2n) is 22.8. The summed E-state index contributed by atoms with van der Waals surface area (Å²) < 4.78 is 50.5. The number of rotatable bonds is 18. The van der Waals surface area contributed by atoms with Gasteiger partial charge in [0.1, 0.15) is 64.6 Å². The number of fused-ring (bicyclic) bond motifs is 2. The fraction of sp³-hybridized carbons (Fsp3) is 0.604. The lowest BCUT2D eigenvalue weighted by atomic mass is 10.1. The van der Waals surface area contributed by atoms with Gasteiger partial charge in [-0.15, -0.1) is 0 Å². The van der Waals surface area contributed by atoms with Gasteiger partial charge in [0.05, 0.1) is 6.33 Å². The molecule has 4 heterocycles. The summed E-state index contributed by atoms with van der Waals surface area (Å²) >= 11 is 0. The third kappa shape index (κ3) is 17.3. The van der Waals surface area contributed by atoms with Gasteiger partial charge >= 0.3 is 24.2 Å². The SMILES string of the molecule is CC(C)(C)OC(=O)Nc1ncnc2c1ncn2[C@@H]1O[C@H](CN(CCCN(CCc2cccc(Oc3ccccc3)c2)C(=O)OC(C)(C)C)CC[C@H](NC(=O)OC(C)(C)C)C(=O)OC(C)(C)C)[C@H]2OC(C)(C)O[C@H]21. The van der Waals surface area contributed by atoms with E-state index in [0.29, 0.717) is 49.4 Å². The molecule has 2 aromatic carbocycles. The molecule has 5 atom stereocenters. The molecule has 20 heteroatoms. The zero-order valence-corrected chi connectivity index (χ0v) is 45.0. The van der Waals surface area contributed by atoms with Crippen molar-refractivity contribution in [1.82, 2.24) is 34.6 Å². The summed E-state index contributed by atoms with van der Waals surface area (Å²) in [5.74, 6) is -0.0499. The van der Waals surface area contributed by atoms with E-state index in [-0.39, 0.29) is 25.3 Å². The van der Waals surface area contributed by atoms with Gasteiger partial charge in [-0.25, -0.2) is 34.1 Å². The Bertz CT molecular complexity index is 2510. The van der Waals surface area contributed by atoms with Crippen LogP contribution in [-0.4, -0.2) is 139 Å². The quantitative estimate of drug-likeness (QED) is 0.0701. The number of hydrogen-bond donors (Lipinski definition) is 2. The lowest BCUT2D eigenvalue weighted by Crippen LogP contribution is -2.48. The first kappa shape index (κ1) is 56.2. The molecule has 0 spiro atoms. The lowest BCUT2D eigenvalue weighted by molar-refractivity contribution is -0.198. The maximum atomic E-state index is 13.9. The number of hydrogen-bond acceptors (Lipinski definition) is 16. The number of nitrogens with zero attached hydrogens (tertiary/aromatic N) is 6. The van der Waals surface area contributed by atoms with E-state index in [1.807, 2.05) is 89.2 Å².